The molecular formula is C12H22O. The van der Waals surface area contributed by atoms with E-state index in [0.29, 0.717) is 12.2 Å². The smallest absolute Gasteiger partial charge is 0.0608 e. The highest BCUT2D eigenvalue weighted by molar-refractivity contribution is 4.84. The van der Waals surface area contributed by atoms with E-state index in [4.69, 9.17) is 4.74 Å². The minimum atomic E-state index is 0.482. The Balaban J connectivity index is 2.18. The maximum atomic E-state index is 5.82. The molecule has 0 unspecified atom stereocenters. The number of rotatable bonds is 4. The molecule has 1 aliphatic rings. The van der Waals surface area contributed by atoms with Crippen LogP contribution in [0.2, 0.25) is 0 Å². The number of hydrogen-bond acceptors (Lipinski definition) is 1. The Labute approximate surface area is 82.2 Å². The van der Waals surface area contributed by atoms with Crippen LogP contribution in [0.3, 0.4) is 0 Å². The van der Waals surface area contributed by atoms with Gasteiger partial charge in [-0.2, -0.15) is 0 Å². The van der Waals surface area contributed by atoms with Gasteiger partial charge in [-0.1, -0.05) is 26.0 Å². The van der Waals surface area contributed by atoms with E-state index in [1.807, 2.05) is 0 Å². The average Bonchev–Trinajstić information content (AvgIpc) is 2.39. The van der Waals surface area contributed by atoms with Gasteiger partial charge in [0.2, 0.25) is 0 Å². The Bertz CT molecular complexity index is 163. The molecule has 0 radical (unpaired) electrons. The SMILES string of the molecule is CC/C=C\CC[C@@H]1O[C@H](C)C[C@@H]1C. The standard InChI is InChI=1S/C12H22O/c1-4-5-6-7-8-12-10(2)9-11(3)13-12/h5-6,10-12H,4,7-9H2,1-3H3/b6-5-/t10-,11+,12-/m0/s1. The van der Waals surface area contributed by atoms with E-state index >= 15 is 0 Å². The van der Waals surface area contributed by atoms with Crippen molar-refractivity contribution < 1.29 is 4.74 Å². The van der Waals surface area contributed by atoms with Crippen molar-refractivity contribution in [2.45, 2.75) is 58.7 Å². The quantitative estimate of drug-likeness (QED) is 0.604. The summed E-state index contributed by atoms with van der Waals surface area (Å²) in [5.41, 5.74) is 0. The maximum Gasteiger partial charge on any atom is 0.0608 e. The zero-order valence-electron chi connectivity index (χ0n) is 9.12. The molecular weight excluding hydrogens is 160 g/mol. The van der Waals surface area contributed by atoms with Crippen molar-refractivity contribution in [1.29, 1.82) is 0 Å². The van der Waals surface area contributed by atoms with Gasteiger partial charge >= 0.3 is 0 Å². The molecule has 13 heavy (non-hydrogen) atoms. The van der Waals surface area contributed by atoms with Crippen LogP contribution in [0, 0.1) is 5.92 Å². The first-order chi connectivity index (χ1) is 6.24. The molecule has 76 valence electrons. The van der Waals surface area contributed by atoms with Crippen LogP contribution >= 0.6 is 0 Å². The lowest BCUT2D eigenvalue weighted by Gasteiger charge is -2.13. The van der Waals surface area contributed by atoms with E-state index in [-0.39, 0.29) is 0 Å². The van der Waals surface area contributed by atoms with Crippen molar-refractivity contribution in [3.05, 3.63) is 12.2 Å². The van der Waals surface area contributed by atoms with Gasteiger partial charge in [0.1, 0.15) is 0 Å². The summed E-state index contributed by atoms with van der Waals surface area (Å²) in [6, 6.07) is 0. The van der Waals surface area contributed by atoms with E-state index < -0.39 is 0 Å². The third-order valence-electron chi connectivity index (χ3n) is 2.77. The van der Waals surface area contributed by atoms with Crippen LogP contribution in [-0.2, 0) is 4.74 Å². The molecule has 1 heterocycles. The van der Waals surface area contributed by atoms with Crippen molar-refractivity contribution >= 4 is 0 Å². The van der Waals surface area contributed by atoms with Gasteiger partial charge in [0, 0.05) is 0 Å². The highest BCUT2D eigenvalue weighted by Gasteiger charge is 2.28. The Morgan fingerprint density at radius 2 is 2.08 bits per heavy atom. The first-order valence-electron chi connectivity index (χ1n) is 5.54. The Hall–Kier alpha value is -0.300. The maximum absolute atomic E-state index is 5.82. The van der Waals surface area contributed by atoms with Crippen LogP contribution in [0.5, 0.6) is 0 Å². The van der Waals surface area contributed by atoms with E-state index in [1.54, 1.807) is 0 Å². The molecule has 1 rings (SSSR count). The molecule has 1 fully saturated rings. The number of ether oxygens (including phenoxy) is 1. The summed E-state index contributed by atoms with van der Waals surface area (Å²) < 4.78 is 5.82. The lowest BCUT2D eigenvalue weighted by Crippen LogP contribution is -2.12. The molecule has 0 aromatic rings. The summed E-state index contributed by atoms with van der Waals surface area (Å²) in [5.74, 6) is 0.755. The molecule has 0 aliphatic carbocycles. The lowest BCUT2D eigenvalue weighted by atomic mass is 9.98. The van der Waals surface area contributed by atoms with Gasteiger partial charge in [0.05, 0.1) is 12.2 Å². The van der Waals surface area contributed by atoms with E-state index in [2.05, 4.69) is 32.9 Å². The molecule has 1 saturated heterocycles. The molecule has 0 amide bonds. The summed E-state index contributed by atoms with van der Waals surface area (Å²) >= 11 is 0. The van der Waals surface area contributed by atoms with Crippen LogP contribution in [-0.4, -0.2) is 12.2 Å². The predicted molar refractivity (Wildman–Crippen MR) is 56.8 cm³/mol. The Morgan fingerprint density at radius 3 is 2.62 bits per heavy atom. The minimum Gasteiger partial charge on any atom is -0.375 e. The normalized spacial score (nSPS) is 34.5. The topological polar surface area (TPSA) is 9.23 Å². The zero-order chi connectivity index (χ0) is 9.68. The molecule has 0 aromatic heterocycles. The van der Waals surface area contributed by atoms with E-state index in [1.165, 1.54) is 19.3 Å². The summed E-state index contributed by atoms with van der Waals surface area (Å²) in [5, 5.41) is 0. The van der Waals surface area contributed by atoms with Crippen LogP contribution in [0.15, 0.2) is 12.2 Å². The van der Waals surface area contributed by atoms with E-state index in [0.717, 1.165) is 12.3 Å². The van der Waals surface area contributed by atoms with Gasteiger partial charge in [-0.3, -0.25) is 0 Å². The third kappa shape index (κ3) is 3.51. The first kappa shape index (κ1) is 10.8. The second kappa shape index (κ2) is 5.43. The third-order valence-corrected chi connectivity index (χ3v) is 2.77. The fourth-order valence-corrected chi connectivity index (χ4v) is 2.06. The second-order valence-corrected chi connectivity index (χ2v) is 4.16. The van der Waals surface area contributed by atoms with Gasteiger partial charge in [-0.05, 0) is 38.5 Å². The van der Waals surface area contributed by atoms with Crippen molar-refractivity contribution in [2.24, 2.45) is 5.92 Å². The largest absolute Gasteiger partial charge is 0.375 e. The molecule has 0 bridgehead atoms. The van der Waals surface area contributed by atoms with Gasteiger partial charge in [0.25, 0.3) is 0 Å². The van der Waals surface area contributed by atoms with Crippen LogP contribution in [0.4, 0.5) is 0 Å². The van der Waals surface area contributed by atoms with Gasteiger partial charge in [-0.15, -0.1) is 0 Å². The summed E-state index contributed by atoms with van der Waals surface area (Å²) in [6.45, 7) is 6.66. The molecule has 1 nitrogen and oxygen atoms in total. The fraction of sp³-hybridized carbons (Fsp3) is 0.833. The summed E-state index contributed by atoms with van der Waals surface area (Å²) in [7, 11) is 0. The molecule has 1 heteroatoms. The van der Waals surface area contributed by atoms with Crippen LogP contribution < -0.4 is 0 Å². The average molecular weight is 182 g/mol. The van der Waals surface area contributed by atoms with Crippen molar-refractivity contribution in [2.75, 3.05) is 0 Å². The van der Waals surface area contributed by atoms with Crippen molar-refractivity contribution in [3.8, 4) is 0 Å². The van der Waals surface area contributed by atoms with Crippen molar-refractivity contribution in [1.82, 2.24) is 0 Å². The zero-order valence-corrected chi connectivity index (χ0v) is 9.12. The predicted octanol–water partition coefficient (Wildman–Crippen LogP) is 3.55. The van der Waals surface area contributed by atoms with Gasteiger partial charge in [0.15, 0.2) is 0 Å². The lowest BCUT2D eigenvalue weighted by molar-refractivity contribution is 0.0413. The first-order valence-corrected chi connectivity index (χ1v) is 5.54. The molecule has 0 N–H and O–H groups in total. The summed E-state index contributed by atoms with van der Waals surface area (Å²) in [6.07, 6.45) is 10.3. The van der Waals surface area contributed by atoms with Gasteiger partial charge < -0.3 is 4.74 Å². The molecule has 0 aromatic carbocycles. The number of hydrogen-bond donors (Lipinski definition) is 0. The Morgan fingerprint density at radius 1 is 1.31 bits per heavy atom. The highest BCUT2D eigenvalue weighted by Crippen LogP contribution is 2.28. The van der Waals surface area contributed by atoms with Gasteiger partial charge in [-0.25, -0.2) is 0 Å². The monoisotopic (exact) mass is 182 g/mol. The second-order valence-electron chi connectivity index (χ2n) is 4.16. The molecule has 0 saturated carbocycles. The van der Waals surface area contributed by atoms with E-state index in [9.17, 15) is 0 Å². The Kier molecular flexibility index (Phi) is 4.51. The van der Waals surface area contributed by atoms with Crippen LogP contribution in [0.1, 0.15) is 46.5 Å². The fourth-order valence-electron chi connectivity index (χ4n) is 2.06. The highest BCUT2D eigenvalue weighted by atomic mass is 16.5. The van der Waals surface area contributed by atoms with Crippen LogP contribution in [0.25, 0.3) is 0 Å². The molecule has 3 atom stereocenters. The minimum absolute atomic E-state index is 0.482. The molecule has 1 aliphatic heterocycles. The number of allylic oxidation sites excluding steroid dienone is 2. The molecule has 0 spiro atoms. The van der Waals surface area contributed by atoms with Crippen molar-refractivity contribution in [3.63, 3.8) is 0 Å². The summed E-state index contributed by atoms with van der Waals surface area (Å²) in [4.78, 5) is 0.